The van der Waals surface area contributed by atoms with E-state index in [1.165, 1.54) is 12.1 Å². The fourth-order valence-corrected chi connectivity index (χ4v) is 0.495. The first-order valence-corrected chi connectivity index (χ1v) is 3.15. The average Bonchev–Trinajstić information content (AvgIpc) is 2.50. The minimum atomic E-state index is -0.833. The first-order chi connectivity index (χ1) is 6.10. The molecule has 6 nitrogen and oxygen atoms in total. The molecule has 1 heterocycles. The van der Waals surface area contributed by atoms with E-state index in [2.05, 4.69) is 15.9 Å². The third-order valence-electron chi connectivity index (χ3n) is 0.880. The molecule has 0 aromatic carbocycles. The van der Waals surface area contributed by atoms with Gasteiger partial charge in [-0.3, -0.25) is 9.59 Å². The van der Waals surface area contributed by atoms with E-state index in [1.807, 2.05) is 0 Å². The number of hydrogen-bond donors (Lipinski definition) is 2. The third kappa shape index (κ3) is 5.19. The van der Waals surface area contributed by atoms with E-state index in [-0.39, 0.29) is 11.5 Å². The summed E-state index contributed by atoms with van der Waals surface area (Å²) in [5.41, 5.74) is 8.50. The van der Waals surface area contributed by atoms with Crippen molar-refractivity contribution in [2.75, 3.05) is 0 Å². The van der Waals surface area contributed by atoms with Crippen LogP contribution in [0, 0.1) is 0 Å². The van der Waals surface area contributed by atoms with Gasteiger partial charge < -0.3 is 15.9 Å². The van der Waals surface area contributed by atoms with Crippen LogP contribution >= 0.6 is 0 Å². The van der Waals surface area contributed by atoms with Crippen LogP contribution in [0.25, 0.3) is 0 Å². The van der Waals surface area contributed by atoms with Crippen molar-refractivity contribution >= 4 is 18.6 Å². The number of carbonyl (C=O) groups is 3. The van der Waals surface area contributed by atoms with E-state index in [0.717, 1.165) is 0 Å². The highest BCUT2D eigenvalue weighted by atomic mass is 16.4. The van der Waals surface area contributed by atoms with Crippen molar-refractivity contribution in [1.82, 2.24) is 0 Å². The molecule has 0 bridgehead atoms. The van der Waals surface area contributed by atoms with Crippen molar-refractivity contribution in [3.63, 3.8) is 0 Å². The fraction of sp³-hybridized carbons (Fsp3) is 0. The summed E-state index contributed by atoms with van der Waals surface area (Å²) in [6.45, 7) is 0. The normalized spacial score (nSPS) is 8.00. The summed E-state index contributed by atoms with van der Waals surface area (Å²) in [5.74, 6) is 0.356. The summed E-state index contributed by atoms with van der Waals surface area (Å²) in [6.07, 6.45) is 1.10. The van der Waals surface area contributed by atoms with Crippen molar-refractivity contribution in [2.45, 2.75) is 0 Å². The molecule has 1 aromatic heterocycles. The van der Waals surface area contributed by atoms with Gasteiger partial charge in [-0.2, -0.15) is 0 Å². The Morgan fingerprint density at radius 2 is 1.46 bits per heavy atom. The molecule has 6 heteroatoms. The SMILES string of the molecule is NC(N)=O.O=Cc1ccc(C=O)o1. The fourth-order valence-electron chi connectivity index (χ4n) is 0.495. The van der Waals surface area contributed by atoms with Gasteiger partial charge in [0.25, 0.3) is 0 Å². The number of rotatable bonds is 2. The minimum Gasteiger partial charge on any atom is -0.450 e. The Hall–Kier alpha value is -2.11. The molecule has 0 fully saturated rings. The van der Waals surface area contributed by atoms with E-state index < -0.39 is 6.03 Å². The Bertz CT molecular complexity index is 279. The highest BCUT2D eigenvalue weighted by Crippen LogP contribution is 2.01. The number of carbonyl (C=O) groups excluding carboxylic acids is 3. The van der Waals surface area contributed by atoms with Gasteiger partial charge in [0.1, 0.15) is 0 Å². The summed E-state index contributed by atoms with van der Waals surface area (Å²) in [6, 6.07) is 2.05. The molecule has 70 valence electrons. The van der Waals surface area contributed by atoms with Crippen molar-refractivity contribution < 1.29 is 18.8 Å². The Balaban J connectivity index is 0.000000310. The van der Waals surface area contributed by atoms with Gasteiger partial charge in [0.15, 0.2) is 24.1 Å². The minimum absolute atomic E-state index is 0.178. The molecule has 4 N–H and O–H groups in total. The largest absolute Gasteiger partial charge is 0.450 e. The Morgan fingerprint density at radius 3 is 1.62 bits per heavy atom. The molecule has 0 aliphatic heterocycles. The van der Waals surface area contributed by atoms with E-state index >= 15 is 0 Å². The molecule has 0 aliphatic rings. The number of primary amides is 2. The maximum Gasteiger partial charge on any atom is 0.309 e. The summed E-state index contributed by atoms with van der Waals surface area (Å²) in [4.78, 5) is 28.9. The predicted molar refractivity (Wildman–Crippen MR) is 43.3 cm³/mol. The molecule has 13 heavy (non-hydrogen) atoms. The summed E-state index contributed by atoms with van der Waals surface area (Å²) in [5, 5.41) is 0. The molecule has 2 amide bonds. The van der Waals surface area contributed by atoms with E-state index in [1.54, 1.807) is 0 Å². The Kier molecular flexibility index (Phi) is 4.63. The second kappa shape index (κ2) is 5.53. The first-order valence-electron chi connectivity index (χ1n) is 3.15. The number of furan rings is 1. The number of nitrogens with two attached hydrogens (primary N) is 2. The van der Waals surface area contributed by atoms with Crippen molar-refractivity contribution in [1.29, 1.82) is 0 Å². The van der Waals surface area contributed by atoms with Crippen LogP contribution in [0.1, 0.15) is 21.1 Å². The standard InChI is InChI=1S/C6H4O3.CH4N2O/c7-3-5-1-2-6(4-8)9-5;2-1(3)4/h1-4H;(H4,2,3,4). The molecule has 0 atom stereocenters. The molecule has 0 radical (unpaired) electrons. The van der Waals surface area contributed by atoms with E-state index in [4.69, 9.17) is 4.79 Å². The van der Waals surface area contributed by atoms with Crippen LogP contribution < -0.4 is 11.5 Å². The van der Waals surface area contributed by atoms with Crippen LogP contribution in [-0.4, -0.2) is 18.6 Å². The van der Waals surface area contributed by atoms with Gasteiger partial charge in [-0.1, -0.05) is 0 Å². The lowest BCUT2D eigenvalue weighted by Gasteiger charge is -1.75. The molecule has 0 saturated heterocycles. The van der Waals surface area contributed by atoms with Gasteiger partial charge in [0, 0.05) is 0 Å². The molecule has 0 aliphatic carbocycles. The molecular formula is C7H8N2O4. The second-order valence-corrected chi connectivity index (χ2v) is 1.88. The smallest absolute Gasteiger partial charge is 0.309 e. The van der Waals surface area contributed by atoms with Gasteiger partial charge in [-0.25, -0.2) is 4.79 Å². The number of amides is 2. The lowest BCUT2D eigenvalue weighted by Crippen LogP contribution is -2.18. The Labute approximate surface area is 73.5 Å². The van der Waals surface area contributed by atoms with Crippen LogP contribution in [-0.2, 0) is 0 Å². The van der Waals surface area contributed by atoms with Crippen LogP contribution in [0.2, 0.25) is 0 Å². The van der Waals surface area contributed by atoms with Gasteiger partial charge in [0.2, 0.25) is 0 Å². The van der Waals surface area contributed by atoms with Crippen molar-refractivity contribution in [2.24, 2.45) is 11.5 Å². The van der Waals surface area contributed by atoms with Crippen LogP contribution in [0.4, 0.5) is 4.79 Å². The zero-order chi connectivity index (χ0) is 10.3. The van der Waals surface area contributed by atoms with Crippen molar-refractivity contribution in [3.8, 4) is 0 Å². The lowest BCUT2D eigenvalue weighted by atomic mass is 10.4. The van der Waals surface area contributed by atoms with Crippen LogP contribution in [0.5, 0.6) is 0 Å². The monoisotopic (exact) mass is 184 g/mol. The quantitative estimate of drug-likeness (QED) is 0.625. The van der Waals surface area contributed by atoms with Gasteiger partial charge in [0.05, 0.1) is 0 Å². The highest BCUT2D eigenvalue weighted by molar-refractivity contribution is 5.75. The molecule has 0 unspecified atom stereocenters. The summed E-state index contributed by atoms with van der Waals surface area (Å²) in [7, 11) is 0. The van der Waals surface area contributed by atoms with E-state index in [9.17, 15) is 9.59 Å². The third-order valence-corrected chi connectivity index (χ3v) is 0.880. The molecule has 0 saturated carbocycles. The van der Waals surface area contributed by atoms with Gasteiger partial charge >= 0.3 is 6.03 Å². The maximum absolute atomic E-state index is 9.93. The number of hydrogen-bond acceptors (Lipinski definition) is 4. The predicted octanol–water partition coefficient (Wildman–Crippen LogP) is -0.0716. The van der Waals surface area contributed by atoms with Crippen molar-refractivity contribution in [3.05, 3.63) is 23.7 Å². The van der Waals surface area contributed by atoms with Gasteiger partial charge in [-0.15, -0.1) is 0 Å². The maximum atomic E-state index is 9.93. The second-order valence-electron chi connectivity index (χ2n) is 1.88. The lowest BCUT2D eigenvalue weighted by molar-refractivity contribution is 0.108. The topological polar surface area (TPSA) is 116 Å². The summed E-state index contributed by atoms with van der Waals surface area (Å²) >= 11 is 0. The average molecular weight is 184 g/mol. The molecule has 1 rings (SSSR count). The van der Waals surface area contributed by atoms with Crippen LogP contribution in [0.15, 0.2) is 16.5 Å². The summed E-state index contributed by atoms with van der Waals surface area (Å²) < 4.78 is 4.65. The number of aldehydes is 2. The molecule has 1 aromatic rings. The molecule has 0 spiro atoms. The zero-order valence-electron chi connectivity index (χ0n) is 6.60. The first kappa shape index (κ1) is 10.9. The van der Waals surface area contributed by atoms with E-state index in [0.29, 0.717) is 12.6 Å². The molecular weight excluding hydrogens is 176 g/mol. The Morgan fingerprint density at radius 1 is 1.15 bits per heavy atom. The zero-order valence-corrected chi connectivity index (χ0v) is 6.60. The van der Waals surface area contributed by atoms with Crippen LogP contribution in [0.3, 0.4) is 0 Å². The number of urea groups is 1. The van der Waals surface area contributed by atoms with Gasteiger partial charge in [-0.05, 0) is 12.1 Å². The highest BCUT2D eigenvalue weighted by Gasteiger charge is 1.96.